The van der Waals surface area contributed by atoms with Gasteiger partial charge in [-0.15, -0.1) is 11.3 Å². The fourth-order valence-corrected chi connectivity index (χ4v) is 4.50. The third-order valence-corrected chi connectivity index (χ3v) is 6.53. The Balaban J connectivity index is 1.52. The summed E-state index contributed by atoms with van der Waals surface area (Å²) in [4.78, 5) is 33.4. The van der Waals surface area contributed by atoms with E-state index < -0.39 is 0 Å². The molecule has 0 atom stereocenters. The number of fused-ring (bicyclic) bond motifs is 2. The first-order chi connectivity index (χ1) is 14.4. The monoisotopic (exact) mass is 421 g/mol. The summed E-state index contributed by atoms with van der Waals surface area (Å²) in [6.07, 6.45) is 1.47. The molecule has 2 aromatic heterocycles. The highest BCUT2D eigenvalue weighted by molar-refractivity contribution is 7.18. The van der Waals surface area contributed by atoms with Crippen LogP contribution in [0.25, 0.3) is 21.0 Å². The van der Waals surface area contributed by atoms with E-state index in [0.717, 1.165) is 37.4 Å². The molecule has 0 aliphatic heterocycles. The summed E-state index contributed by atoms with van der Waals surface area (Å²) in [6.45, 7) is 4.33. The van der Waals surface area contributed by atoms with Gasteiger partial charge in [-0.05, 0) is 53.9 Å². The maximum absolute atomic E-state index is 12.8. The minimum Gasteiger partial charge on any atom is -0.497 e. The molecule has 0 N–H and O–H groups in total. The molecule has 0 radical (unpaired) electrons. The van der Waals surface area contributed by atoms with Gasteiger partial charge in [0.2, 0.25) is 5.91 Å². The highest BCUT2D eigenvalue weighted by Gasteiger charge is 2.16. The van der Waals surface area contributed by atoms with Crippen molar-refractivity contribution in [1.82, 2.24) is 14.5 Å². The van der Waals surface area contributed by atoms with E-state index in [0.29, 0.717) is 11.9 Å². The van der Waals surface area contributed by atoms with Gasteiger partial charge in [0.15, 0.2) is 0 Å². The number of methoxy groups -OCH3 is 1. The van der Waals surface area contributed by atoms with Gasteiger partial charge < -0.3 is 9.64 Å². The van der Waals surface area contributed by atoms with Crippen LogP contribution in [0.3, 0.4) is 0 Å². The standard InChI is InChI=1S/C23H23N3O3S/c1-14-15(2)30-22-21(14)23(28)26(13-24-22)12-20(27)25(3)11-16-5-6-18-10-19(29-4)8-7-17(18)9-16/h5-10,13H,11-12H2,1-4H3. The van der Waals surface area contributed by atoms with Crippen molar-refractivity contribution >= 4 is 38.2 Å². The Hall–Kier alpha value is -3.19. The summed E-state index contributed by atoms with van der Waals surface area (Å²) in [7, 11) is 3.40. The maximum Gasteiger partial charge on any atom is 0.262 e. The first kappa shape index (κ1) is 20.1. The van der Waals surface area contributed by atoms with Crippen LogP contribution >= 0.6 is 11.3 Å². The number of hydrogen-bond donors (Lipinski definition) is 0. The molecule has 6 nitrogen and oxygen atoms in total. The SMILES string of the molecule is COc1ccc2cc(CN(C)C(=O)Cn3cnc4sc(C)c(C)c4c3=O)ccc2c1. The maximum atomic E-state index is 12.8. The number of carbonyl (C=O) groups excluding carboxylic acids is 1. The van der Waals surface area contributed by atoms with Gasteiger partial charge in [-0.1, -0.05) is 18.2 Å². The Morgan fingerprint density at radius 2 is 1.90 bits per heavy atom. The molecular weight excluding hydrogens is 398 g/mol. The highest BCUT2D eigenvalue weighted by Crippen LogP contribution is 2.25. The van der Waals surface area contributed by atoms with Crippen molar-refractivity contribution in [3.05, 3.63) is 69.1 Å². The summed E-state index contributed by atoms with van der Waals surface area (Å²) in [6, 6.07) is 12.0. The lowest BCUT2D eigenvalue weighted by Gasteiger charge is -2.18. The van der Waals surface area contributed by atoms with Gasteiger partial charge in [0.05, 0.1) is 18.8 Å². The largest absolute Gasteiger partial charge is 0.497 e. The highest BCUT2D eigenvalue weighted by atomic mass is 32.1. The molecule has 30 heavy (non-hydrogen) atoms. The molecule has 0 aliphatic rings. The summed E-state index contributed by atoms with van der Waals surface area (Å²) in [5, 5.41) is 2.78. The van der Waals surface area contributed by atoms with E-state index in [-0.39, 0.29) is 18.0 Å². The number of ether oxygens (including phenoxy) is 1. The third kappa shape index (κ3) is 3.68. The molecular formula is C23H23N3O3S. The predicted molar refractivity (Wildman–Crippen MR) is 120 cm³/mol. The molecule has 0 aliphatic carbocycles. The van der Waals surface area contributed by atoms with Crippen molar-refractivity contribution in [3.8, 4) is 5.75 Å². The topological polar surface area (TPSA) is 64.4 Å². The van der Waals surface area contributed by atoms with Crippen molar-refractivity contribution in [2.75, 3.05) is 14.2 Å². The number of nitrogens with zero attached hydrogens (tertiary/aromatic N) is 3. The molecule has 0 unspecified atom stereocenters. The number of aryl methyl sites for hydroxylation is 2. The fourth-order valence-electron chi connectivity index (χ4n) is 3.51. The van der Waals surface area contributed by atoms with Gasteiger partial charge in [0.1, 0.15) is 17.1 Å². The van der Waals surface area contributed by atoms with Crippen molar-refractivity contribution in [3.63, 3.8) is 0 Å². The quantitative estimate of drug-likeness (QED) is 0.490. The molecule has 4 rings (SSSR count). The summed E-state index contributed by atoms with van der Waals surface area (Å²) in [5.41, 5.74) is 1.80. The minimum absolute atomic E-state index is 0.0304. The first-order valence-corrected chi connectivity index (χ1v) is 10.4. The van der Waals surface area contributed by atoms with Crippen molar-refractivity contribution in [1.29, 1.82) is 0 Å². The number of benzene rings is 2. The second kappa shape index (κ2) is 7.91. The fraction of sp³-hybridized carbons (Fsp3) is 0.261. The van der Waals surface area contributed by atoms with Crippen LogP contribution in [-0.2, 0) is 17.9 Å². The lowest BCUT2D eigenvalue weighted by molar-refractivity contribution is -0.131. The molecule has 2 heterocycles. The third-order valence-electron chi connectivity index (χ3n) is 5.42. The molecule has 0 bridgehead atoms. The molecule has 0 fully saturated rings. The molecule has 0 spiro atoms. The summed E-state index contributed by atoms with van der Waals surface area (Å²) < 4.78 is 6.66. The Bertz CT molecular complexity index is 1320. The van der Waals surface area contributed by atoms with Gasteiger partial charge in [-0.3, -0.25) is 14.2 Å². The van der Waals surface area contributed by atoms with Gasteiger partial charge in [-0.2, -0.15) is 0 Å². The van der Waals surface area contributed by atoms with Crippen molar-refractivity contribution in [2.24, 2.45) is 0 Å². The average Bonchev–Trinajstić information content (AvgIpc) is 3.03. The number of amides is 1. The Labute approximate surface area is 178 Å². The van der Waals surface area contributed by atoms with Crippen LogP contribution in [-0.4, -0.2) is 34.5 Å². The van der Waals surface area contributed by atoms with Gasteiger partial charge in [0.25, 0.3) is 5.56 Å². The van der Waals surface area contributed by atoms with E-state index in [1.807, 2.05) is 44.2 Å². The van der Waals surface area contributed by atoms with E-state index in [1.54, 1.807) is 19.1 Å². The van der Waals surface area contributed by atoms with E-state index in [4.69, 9.17) is 4.74 Å². The number of thiophene rings is 1. The van der Waals surface area contributed by atoms with Crippen LogP contribution in [0, 0.1) is 13.8 Å². The zero-order chi connectivity index (χ0) is 21.4. The lowest BCUT2D eigenvalue weighted by atomic mass is 10.1. The number of rotatable bonds is 5. The van der Waals surface area contributed by atoms with Gasteiger partial charge in [0, 0.05) is 18.5 Å². The minimum atomic E-state index is -0.164. The Morgan fingerprint density at radius 3 is 2.67 bits per heavy atom. The van der Waals surface area contributed by atoms with E-state index in [1.165, 1.54) is 22.2 Å². The number of hydrogen-bond acceptors (Lipinski definition) is 5. The molecule has 1 amide bonds. The first-order valence-electron chi connectivity index (χ1n) is 9.63. The Morgan fingerprint density at radius 1 is 1.17 bits per heavy atom. The number of carbonyl (C=O) groups is 1. The second-order valence-corrected chi connectivity index (χ2v) is 8.64. The van der Waals surface area contributed by atoms with E-state index >= 15 is 0 Å². The van der Waals surface area contributed by atoms with Crippen molar-refractivity contribution in [2.45, 2.75) is 26.9 Å². The van der Waals surface area contributed by atoms with Gasteiger partial charge >= 0.3 is 0 Å². The van der Waals surface area contributed by atoms with Crippen LogP contribution in [0.1, 0.15) is 16.0 Å². The zero-order valence-electron chi connectivity index (χ0n) is 17.4. The summed E-state index contributed by atoms with van der Waals surface area (Å²) in [5.74, 6) is 0.673. The molecule has 0 saturated carbocycles. The molecule has 7 heteroatoms. The van der Waals surface area contributed by atoms with Crippen LogP contribution in [0.15, 0.2) is 47.5 Å². The Kier molecular flexibility index (Phi) is 5.30. The predicted octanol–water partition coefficient (Wildman–Crippen LogP) is 3.90. The molecule has 154 valence electrons. The zero-order valence-corrected chi connectivity index (χ0v) is 18.2. The van der Waals surface area contributed by atoms with Crippen LogP contribution in [0.4, 0.5) is 0 Å². The molecule has 0 saturated heterocycles. The normalized spacial score (nSPS) is 11.2. The van der Waals surface area contributed by atoms with Crippen LogP contribution in [0.2, 0.25) is 0 Å². The van der Waals surface area contributed by atoms with Crippen LogP contribution < -0.4 is 10.3 Å². The van der Waals surface area contributed by atoms with E-state index in [9.17, 15) is 9.59 Å². The smallest absolute Gasteiger partial charge is 0.262 e. The van der Waals surface area contributed by atoms with Crippen LogP contribution in [0.5, 0.6) is 5.75 Å². The summed E-state index contributed by atoms with van der Waals surface area (Å²) >= 11 is 1.50. The van der Waals surface area contributed by atoms with E-state index in [2.05, 4.69) is 11.1 Å². The number of likely N-dealkylation sites (N-methyl/N-ethyl adjacent to an activating group) is 1. The molecule has 4 aromatic rings. The second-order valence-electron chi connectivity index (χ2n) is 7.44. The lowest BCUT2D eigenvalue weighted by Crippen LogP contribution is -2.33. The molecule has 2 aromatic carbocycles. The van der Waals surface area contributed by atoms with Gasteiger partial charge in [-0.25, -0.2) is 4.98 Å². The number of aromatic nitrogens is 2. The average molecular weight is 422 g/mol. The van der Waals surface area contributed by atoms with Crippen molar-refractivity contribution < 1.29 is 9.53 Å².